The lowest BCUT2D eigenvalue weighted by molar-refractivity contribution is -0.304. The molecule has 0 aliphatic carbocycles. The molecule has 1 rings (SSSR count). The minimum atomic E-state index is -1.04. The maximum Gasteiger partial charge on any atom is 0.113 e. The van der Waals surface area contributed by atoms with E-state index in [1.54, 1.807) is 19.3 Å². The van der Waals surface area contributed by atoms with E-state index in [4.69, 9.17) is 4.42 Å². The van der Waals surface area contributed by atoms with Crippen LogP contribution in [-0.4, -0.2) is 11.2 Å². The van der Waals surface area contributed by atoms with Crippen molar-refractivity contribution in [2.75, 3.05) is 0 Å². The van der Waals surface area contributed by atoms with Gasteiger partial charge in [0.05, 0.1) is 18.0 Å². The number of hydrogen-bond donors (Lipinski definition) is 0. The molecular formula is C8H9O3S-. The van der Waals surface area contributed by atoms with Crippen molar-refractivity contribution in [2.45, 2.75) is 17.9 Å². The quantitative estimate of drug-likeness (QED) is 0.691. The molecule has 0 saturated heterocycles. The number of thioether (sulfide) groups is 1. The first kappa shape index (κ1) is 9.19. The lowest BCUT2D eigenvalue weighted by atomic mass is 10.5. The van der Waals surface area contributed by atoms with Crippen molar-refractivity contribution < 1.29 is 14.3 Å². The smallest absolute Gasteiger partial charge is 0.113 e. The second-order valence-corrected chi connectivity index (χ2v) is 3.68. The van der Waals surface area contributed by atoms with Crippen LogP contribution in [0.25, 0.3) is 0 Å². The van der Waals surface area contributed by atoms with Crippen LogP contribution in [-0.2, 0) is 10.5 Å². The predicted octanol–water partition coefficient (Wildman–Crippen LogP) is 0.651. The fraction of sp³-hybridized carbons (Fsp3) is 0.375. The molecule has 1 heterocycles. The van der Waals surface area contributed by atoms with Gasteiger partial charge in [-0.2, -0.15) is 0 Å². The number of carbonyl (C=O) groups is 1. The molecule has 0 radical (unpaired) electrons. The van der Waals surface area contributed by atoms with Crippen molar-refractivity contribution >= 4 is 17.7 Å². The molecule has 66 valence electrons. The van der Waals surface area contributed by atoms with Gasteiger partial charge in [-0.05, 0) is 19.1 Å². The Bertz CT molecular complexity index is 243. The van der Waals surface area contributed by atoms with Crippen LogP contribution in [0.2, 0.25) is 0 Å². The average Bonchev–Trinajstić information content (AvgIpc) is 2.51. The fourth-order valence-corrected chi connectivity index (χ4v) is 1.38. The van der Waals surface area contributed by atoms with Gasteiger partial charge in [-0.3, -0.25) is 0 Å². The topological polar surface area (TPSA) is 53.3 Å². The fourth-order valence-electron chi connectivity index (χ4n) is 0.670. The van der Waals surface area contributed by atoms with E-state index in [0.717, 1.165) is 5.76 Å². The largest absolute Gasteiger partial charge is 0.549 e. The summed E-state index contributed by atoms with van der Waals surface area (Å²) in [7, 11) is 0. The number of carboxylic acids is 1. The highest BCUT2D eigenvalue weighted by Crippen LogP contribution is 2.16. The number of hydrogen-bond acceptors (Lipinski definition) is 4. The summed E-state index contributed by atoms with van der Waals surface area (Å²) in [5.41, 5.74) is 0. The Morgan fingerprint density at radius 3 is 3.08 bits per heavy atom. The van der Waals surface area contributed by atoms with E-state index in [9.17, 15) is 9.90 Å². The Kier molecular flexibility index (Phi) is 3.22. The zero-order valence-electron chi connectivity index (χ0n) is 6.65. The van der Waals surface area contributed by atoms with Gasteiger partial charge in [-0.15, -0.1) is 11.8 Å². The molecule has 1 aromatic rings. The number of carboxylic acid groups (broad SMARTS) is 1. The van der Waals surface area contributed by atoms with Crippen molar-refractivity contribution in [1.82, 2.24) is 0 Å². The number of carbonyl (C=O) groups excluding carboxylic acids is 1. The SMILES string of the molecule is C[C@@H](SCc1ccco1)C(=O)[O-]. The first-order valence-electron chi connectivity index (χ1n) is 3.55. The second kappa shape index (κ2) is 4.21. The molecule has 0 bridgehead atoms. The summed E-state index contributed by atoms with van der Waals surface area (Å²) in [5, 5.41) is 9.81. The second-order valence-electron chi connectivity index (χ2n) is 2.35. The van der Waals surface area contributed by atoms with Gasteiger partial charge in [0.2, 0.25) is 0 Å². The highest BCUT2D eigenvalue weighted by molar-refractivity contribution is 7.99. The van der Waals surface area contributed by atoms with E-state index in [0.29, 0.717) is 5.75 Å². The van der Waals surface area contributed by atoms with Crippen LogP contribution in [0.4, 0.5) is 0 Å². The van der Waals surface area contributed by atoms with E-state index in [1.807, 2.05) is 6.07 Å². The van der Waals surface area contributed by atoms with Crippen molar-refractivity contribution in [2.24, 2.45) is 0 Å². The van der Waals surface area contributed by atoms with E-state index in [2.05, 4.69) is 0 Å². The molecular weight excluding hydrogens is 176 g/mol. The van der Waals surface area contributed by atoms with Gasteiger partial charge >= 0.3 is 0 Å². The third-order valence-corrected chi connectivity index (χ3v) is 2.53. The molecule has 4 heteroatoms. The van der Waals surface area contributed by atoms with E-state index in [1.165, 1.54) is 11.8 Å². The summed E-state index contributed by atoms with van der Waals surface area (Å²) < 4.78 is 5.03. The van der Waals surface area contributed by atoms with Gasteiger partial charge in [0.15, 0.2) is 0 Å². The molecule has 1 aromatic heterocycles. The van der Waals surface area contributed by atoms with E-state index in [-0.39, 0.29) is 0 Å². The summed E-state index contributed by atoms with van der Waals surface area (Å²) in [4.78, 5) is 10.3. The molecule has 1 atom stereocenters. The number of furan rings is 1. The third kappa shape index (κ3) is 2.62. The number of rotatable bonds is 4. The first-order chi connectivity index (χ1) is 5.70. The van der Waals surface area contributed by atoms with Gasteiger partial charge in [-0.1, -0.05) is 0 Å². The molecule has 0 N–H and O–H groups in total. The van der Waals surface area contributed by atoms with Crippen LogP contribution in [0.15, 0.2) is 22.8 Å². The van der Waals surface area contributed by atoms with Crippen molar-refractivity contribution in [3.05, 3.63) is 24.2 Å². The van der Waals surface area contributed by atoms with Crippen LogP contribution < -0.4 is 5.11 Å². The van der Waals surface area contributed by atoms with Gasteiger partial charge in [-0.25, -0.2) is 0 Å². The van der Waals surface area contributed by atoms with Gasteiger partial charge in [0.1, 0.15) is 5.76 Å². The average molecular weight is 185 g/mol. The van der Waals surface area contributed by atoms with Crippen LogP contribution in [0, 0.1) is 0 Å². The first-order valence-corrected chi connectivity index (χ1v) is 4.60. The van der Waals surface area contributed by atoms with Crippen LogP contribution in [0.3, 0.4) is 0 Å². The molecule has 0 saturated carbocycles. The minimum absolute atomic E-state index is 0.491. The number of aliphatic carboxylic acids is 1. The molecule has 0 unspecified atom stereocenters. The van der Waals surface area contributed by atoms with Gasteiger partial charge in [0.25, 0.3) is 0 Å². The Balaban J connectivity index is 2.31. The minimum Gasteiger partial charge on any atom is -0.549 e. The molecule has 0 spiro atoms. The Labute approximate surface area is 74.8 Å². The lowest BCUT2D eigenvalue weighted by Gasteiger charge is -2.09. The summed E-state index contributed by atoms with van der Waals surface area (Å²) in [6.45, 7) is 1.60. The maximum absolute atomic E-state index is 10.3. The molecule has 0 amide bonds. The van der Waals surface area contributed by atoms with E-state index < -0.39 is 11.2 Å². The van der Waals surface area contributed by atoms with Crippen LogP contribution >= 0.6 is 11.8 Å². The highest BCUT2D eigenvalue weighted by atomic mass is 32.2. The maximum atomic E-state index is 10.3. The zero-order valence-corrected chi connectivity index (χ0v) is 7.47. The predicted molar refractivity (Wildman–Crippen MR) is 44.5 cm³/mol. The lowest BCUT2D eigenvalue weighted by Crippen LogP contribution is -2.31. The Hall–Kier alpha value is -0.900. The molecule has 0 fully saturated rings. The van der Waals surface area contributed by atoms with Crippen LogP contribution in [0.5, 0.6) is 0 Å². The highest BCUT2D eigenvalue weighted by Gasteiger charge is 2.04. The summed E-state index contributed by atoms with van der Waals surface area (Å²) >= 11 is 1.29. The van der Waals surface area contributed by atoms with Gasteiger partial charge in [0, 0.05) is 5.25 Å². The molecule has 3 nitrogen and oxygen atoms in total. The van der Waals surface area contributed by atoms with Gasteiger partial charge < -0.3 is 14.3 Å². The Morgan fingerprint density at radius 2 is 2.58 bits per heavy atom. The summed E-state index contributed by atoms with van der Waals surface area (Å²) in [5.74, 6) is 0.321. The molecule has 0 aromatic carbocycles. The van der Waals surface area contributed by atoms with Crippen molar-refractivity contribution in [1.29, 1.82) is 0 Å². The molecule has 12 heavy (non-hydrogen) atoms. The normalized spacial score (nSPS) is 12.8. The summed E-state index contributed by atoms with van der Waals surface area (Å²) in [6, 6.07) is 3.59. The monoisotopic (exact) mass is 185 g/mol. The molecule has 0 aliphatic heterocycles. The van der Waals surface area contributed by atoms with E-state index >= 15 is 0 Å². The molecule has 0 aliphatic rings. The van der Waals surface area contributed by atoms with Crippen molar-refractivity contribution in [3.8, 4) is 0 Å². The van der Waals surface area contributed by atoms with Crippen molar-refractivity contribution in [3.63, 3.8) is 0 Å². The summed E-state index contributed by atoms with van der Waals surface area (Å²) in [6.07, 6.45) is 1.57. The van der Waals surface area contributed by atoms with Crippen LogP contribution in [0.1, 0.15) is 12.7 Å². The zero-order chi connectivity index (χ0) is 8.97. The standard InChI is InChI=1S/C8H10O3S/c1-6(8(9)10)12-5-7-3-2-4-11-7/h2-4,6H,5H2,1H3,(H,9,10)/p-1/t6-/m1/s1. The third-order valence-electron chi connectivity index (χ3n) is 1.39. The Morgan fingerprint density at radius 1 is 1.83 bits per heavy atom.